The molecule has 0 aromatic heterocycles. The molecule has 1 aliphatic heterocycles. The van der Waals surface area contributed by atoms with Crippen LogP contribution in [0.2, 0.25) is 0 Å². The number of amidine groups is 1. The summed E-state index contributed by atoms with van der Waals surface area (Å²) in [5.41, 5.74) is 5.70. The van der Waals surface area contributed by atoms with Crippen LogP contribution in [0.3, 0.4) is 0 Å². The Bertz CT molecular complexity index is 500. The van der Waals surface area contributed by atoms with Gasteiger partial charge in [0.05, 0.1) is 6.20 Å². The Kier molecular flexibility index (Phi) is 12.7. The quantitative estimate of drug-likeness (QED) is 0.213. The highest BCUT2D eigenvalue weighted by atomic mass is 16.4. The Morgan fingerprint density at radius 1 is 1.07 bits per heavy atom. The van der Waals surface area contributed by atoms with E-state index < -0.39 is 5.97 Å². The number of aliphatic carboxylic acids is 1. The van der Waals surface area contributed by atoms with Crippen molar-refractivity contribution >= 4 is 11.8 Å². The molecule has 154 valence electrons. The third-order valence-electron chi connectivity index (χ3n) is 5.20. The summed E-state index contributed by atoms with van der Waals surface area (Å²) in [6.07, 6.45) is 23.0. The van der Waals surface area contributed by atoms with Gasteiger partial charge in [-0.25, -0.2) is 14.3 Å². The molecular formula is C22H40N3O2+. The lowest BCUT2D eigenvalue weighted by Crippen LogP contribution is -2.52. The van der Waals surface area contributed by atoms with E-state index in [0.717, 1.165) is 18.7 Å². The van der Waals surface area contributed by atoms with Crippen LogP contribution in [0.4, 0.5) is 0 Å². The van der Waals surface area contributed by atoms with Crippen LogP contribution < -0.4 is 5.73 Å². The summed E-state index contributed by atoms with van der Waals surface area (Å²) in [5, 5.41) is 9.22. The monoisotopic (exact) mass is 378 g/mol. The molecule has 0 saturated heterocycles. The standard InChI is InChI=1S/C22H39N3O2/c1-2-3-4-5-6-7-8-9-10-11-12-13-14-15-21-24-17-19-25(21,18-16-23)20-22(26)27/h5-6,17,19H,2-4,7-16,18,20,23H2,1H3/p+1/b6-5+. The van der Waals surface area contributed by atoms with Crippen LogP contribution in [0.15, 0.2) is 29.5 Å². The zero-order valence-corrected chi connectivity index (χ0v) is 17.2. The van der Waals surface area contributed by atoms with Crippen molar-refractivity contribution < 1.29 is 14.4 Å². The van der Waals surface area contributed by atoms with Gasteiger partial charge in [-0.3, -0.25) is 0 Å². The van der Waals surface area contributed by atoms with Crippen molar-refractivity contribution in [3.05, 3.63) is 24.6 Å². The molecule has 0 spiro atoms. The Balaban J connectivity index is 2.09. The molecular weight excluding hydrogens is 338 g/mol. The topological polar surface area (TPSA) is 75.7 Å². The fourth-order valence-electron chi connectivity index (χ4n) is 3.62. The van der Waals surface area contributed by atoms with E-state index >= 15 is 0 Å². The molecule has 0 fully saturated rings. The van der Waals surface area contributed by atoms with Crippen molar-refractivity contribution in [2.24, 2.45) is 10.7 Å². The lowest BCUT2D eigenvalue weighted by atomic mass is 10.1. The summed E-state index contributed by atoms with van der Waals surface area (Å²) in [6.45, 7) is 3.34. The van der Waals surface area contributed by atoms with Gasteiger partial charge in [0, 0.05) is 13.0 Å². The van der Waals surface area contributed by atoms with Crippen LogP contribution >= 0.6 is 0 Å². The highest BCUT2D eigenvalue weighted by molar-refractivity contribution is 5.81. The van der Waals surface area contributed by atoms with Gasteiger partial charge in [0.1, 0.15) is 12.7 Å². The number of allylic oxidation sites excluding steroid dienone is 2. The van der Waals surface area contributed by atoms with Crippen molar-refractivity contribution in [3.63, 3.8) is 0 Å². The predicted molar refractivity (Wildman–Crippen MR) is 113 cm³/mol. The van der Waals surface area contributed by atoms with E-state index in [1.54, 1.807) is 6.20 Å². The minimum atomic E-state index is -0.803. The molecule has 0 radical (unpaired) electrons. The normalized spacial score (nSPS) is 19.1. The highest BCUT2D eigenvalue weighted by Gasteiger charge is 2.36. The second-order valence-electron chi connectivity index (χ2n) is 7.57. The van der Waals surface area contributed by atoms with Crippen molar-refractivity contribution in [3.8, 4) is 0 Å². The van der Waals surface area contributed by atoms with Crippen LogP contribution in [0.5, 0.6) is 0 Å². The maximum absolute atomic E-state index is 11.2. The number of hydrogen-bond donors (Lipinski definition) is 2. The Morgan fingerprint density at radius 3 is 2.33 bits per heavy atom. The minimum absolute atomic E-state index is 0.0411. The number of carboxylic acid groups (broad SMARTS) is 1. The lowest BCUT2D eigenvalue weighted by molar-refractivity contribution is -0.778. The summed E-state index contributed by atoms with van der Waals surface area (Å²) in [6, 6.07) is 0. The van der Waals surface area contributed by atoms with E-state index in [1.165, 1.54) is 64.2 Å². The number of quaternary nitrogens is 1. The molecule has 0 bridgehead atoms. The number of nitrogens with zero attached hydrogens (tertiary/aromatic N) is 2. The van der Waals surface area contributed by atoms with E-state index in [4.69, 9.17) is 5.73 Å². The van der Waals surface area contributed by atoms with Crippen LogP contribution in [0.1, 0.15) is 84.0 Å². The lowest BCUT2D eigenvalue weighted by Gasteiger charge is -2.30. The summed E-state index contributed by atoms with van der Waals surface area (Å²) in [5.74, 6) is 0.153. The van der Waals surface area contributed by atoms with E-state index in [1.807, 2.05) is 6.20 Å². The first-order chi connectivity index (χ1) is 13.1. The first kappa shape index (κ1) is 23.6. The number of aliphatic imine (C=N–C) groups is 1. The molecule has 3 N–H and O–H groups in total. The smallest absolute Gasteiger partial charge is 0.360 e. The molecule has 0 aromatic rings. The van der Waals surface area contributed by atoms with Crippen LogP contribution in [-0.4, -0.2) is 41.0 Å². The molecule has 1 atom stereocenters. The molecule has 0 saturated carbocycles. The molecule has 1 aliphatic rings. The fraction of sp³-hybridized carbons (Fsp3) is 0.727. The second-order valence-corrected chi connectivity index (χ2v) is 7.57. The maximum Gasteiger partial charge on any atom is 0.360 e. The van der Waals surface area contributed by atoms with Gasteiger partial charge in [0.25, 0.3) is 0 Å². The first-order valence-corrected chi connectivity index (χ1v) is 10.8. The van der Waals surface area contributed by atoms with Crippen LogP contribution in [0, 0.1) is 0 Å². The molecule has 0 aromatic carbocycles. The molecule has 1 rings (SSSR count). The van der Waals surface area contributed by atoms with E-state index in [9.17, 15) is 9.90 Å². The molecule has 5 nitrogen and oxygen atoms in total. The molecule has 5 heteroatoms. The fourth-order valence-corrected chi connectivity index (χ4v) is 3.62. The number of rotatable bonds is 17. The average Bonchev–Trinajstić information content (AvgIpc) is 3.00. The average molecular weight is 379 g/mol. The summed E-state index contributed by atoms with van der Waals surface area (Å²) in [4.78, 5) is 15.7. The minimum Gasteiger partial charge on any atom is -0.477 e. The number of carboxylic acids is 1. The van der Waals surface area contributed by atoms with E-state index in [-0.39, 0.29) is 6.54 Å². The van der Waals surface area contributed by atoms with E-state index in [0.29, 0.717) is 17.6 Å². The number of unbranched alkanes of at least 4 members (excludes halogenated alkanes) is 9. The zero-order chi connectivity index (χ0) is 19.8. The molecule has 0 amide bonds. The van der Waals surface area contributed by atoms with Gasteiger partial charge >= 0.3 is 5.97 Å². The molecule has 27 heavy (non-hydrogen) atoms. The van der Waals surface area contributed by atoms with Gasteiger partial charge in [0.15, 0.2) is 6.54 Å². The number of hydrogen-bond acceptors (Lipinski definition) is 3. The predicted octanol–water partition coefficient (Wildman–Crippen LogP) is 4.99. The molecule has 1 heterocycles. The van der Waals surface area contributed by atoms with Crippen LogP contribution in [0.25, 0.3) is 0 Å². The Hall–Kier alpha value is -1.46. The largest absolute Gasteiger partial charge is 0.477 e. The third-order valence-corrected chi connectivity index (χ3v) is 5.20. The van der Waals surface area contributed by atoms with Gasteiger partial charge in [0.2, 0.25) is 5.84 Å². The molecule has 1 unspecified atom stereocenters. The van der Waals surface area contributed by atoms with Crippen molar-refractivity contribution in [2.75, 3.05) is 19.6 Å². The van der Waals surface area contributed by atoms with Gasteiger partial charge in [-0.1, -0.05) is 64.0 Å². The van der Waals surface area contributed by atoms with Gasteiger partial charge in [-0.05, 0) is 25.7 Å². The number of nitrogens with two attached hydrogens (primary N) is 1. The Morgan fingerprint density at radius 2 is 1.70 bits per heavy atom. The molecule has 0 aliphatic carbocycles. The zero-order valence-electron chi connectivity index (χ0n) is 17.2. The summed E-state index contributed by atoms with van der Waals surface area (Å²) in [7, 11) is 0. The Labute approximate surface area is 165 Å². The summed E-state index contributed by atoms with van der Waals surface area (Å²) < 4.78 is 0.303. The van der Waals surface area contributed by atoms with Gasteiger partial charge in [-0.2, -0.15) is 0 Å². The van der Waals surface area contributed by atoms with Gasteiger partial charge in [-0.15, -0.1) is 0 Å². The third kappa shape index (κ3) is 9.87. The van der Waals surface area contributed by atoms with Crippen LogP contribution in [-0.2, 0) is 4.79 Å². The maximum atomic E-state index is 11.2. The van der Waals surface area contributed by atoms with Crippen molar-refractivity contribution in [2.45, 2.75) is 84.0 Å². The highest BCUT2D eigenvalue weighted by Crippen LogP contribution is 2.21. The van der Waals surface area contributed by atoms with Crippen molar-refractivity contribution in [1.29, 1.82) is 0 Å². The number of carbonyl (C=O) groups is 1. The van der Waals surface area contributed by atoms with E-state index in [2.05, 4.69) is 24.1 Å². The van der Waals surface area contributed by atoms with Crippen molar-refractivity contribution in [1.82, 2.24) is 0 Å². The SMILES string of the molecule is CCCC/C=C/CCCCCCCCCC1=NC=C[N+]1(CCN)CC(=O)O. The summed E-state index contributed by atoms with van der Waals surface area (Å²) >= 11 is 0. The van der Waals surface area contributed by atoms with Gasteiger partial charge < -0.3 is 10.8 Å². The second kappa shape index (κ2) is 14.6. The first-order valence-electron chi connectivity index (χ1n) is 10.8.